The van der Waals surface area contributed by atoms with Gasteiger partial charge in [-0.15, -0.1) is 11.3 Å². The lowest BCUT2D eigenvalue weighted by molar-refractivity contribution is -0.176. The molecule has 0 saturated carbocycles. The molecule has 106 valence electrons. The van der Waals surface area contributed by atoms with Crippen molar-refractivity contribution < 1.29 is 14.3 Å². The van der Waals surface area contributed by atoms with E-state index in [2.05, 4.69) is 5.32 Å². The SMILES string of the molecule is CNc1cc(C(=O)C(OC)(OC)c2ccccc2)cs1. The maximum absolute atomic E-state index is 12.8. The van der Waals surface area contributed by atoms with Crippen LogP contribution in [-0.2, 0) is 15.3 Å². The van der Waals surface area contributed by atoms with Gasteiger partial charge in [0.05, 0.1) is 5.00 Å². The number of carbonyl (C=O) groups excluding carboxylic acids is 1. The summed E-state index contributed by atoms with van der Waals surface area (Å²) in [5, 5.41) is 5.73. The number of hydrogen-bond donors (Lipinski definition) is 1. The minimum absolute atomic E-state index is 0.216. The van der Waals surface area contributed by atoms with E-state index in [0.717, 1.165) is 5.00 Å². The molecular weight excluding hydrogens is 274 g/mol. The van der Waals surface area contributed by atoms with Crippen LogP contribution < -0.4 is 5.32 Å². The van der Waals surface area contributed by atoms with Gasteiger partial charge < -0.3 is 14.8 Å². The zero-order valence-corrected chi connectivity index (χ0v) is 12.5. The molecule has 1 aromatic carbocycles. The third kappa shape index (κ3) is 2.47. The predicted octanol–water partition coefficient (Wildman–Crippen LogP) is 3.12. The molecule has 1 N–H and O–H groups in total. The van der Waals surface area contributed by atoms with Crippen LogP contribution >= 0.6 is 11.3 Å². The number of benzene rings is 1. The van der Waals surface area contributed by atoms with Crippen LogP contribution in [0.1, 0.15) is 15.9 Å². The number of thiophene rings is 1. The fraction of sp³-hybridized carbons (Fsp3) is 0.267. The fourth-order valence-electron chi connectivity index (χ4n) is 2.07. The van der Waals surface area contributed by atoms with Gasteiger partial charge in [0.15, 0.2) is 0 Å². The summed E-state index contributed by atoms with van der Waals surface area (Å²) in [7, 11) is 4.76. The third-order valence-electron chi connectivity index (χ3n) is 3.14. The Morgan fingerprint density at radius 2 is 1.85 bits per heavy atom. The van der Waals surface area contributed by atoms with E-state index in [-0.39, 0.29) is 5.78 Å². The van der Waals surface area contributed by atoms with Crippen molar-refractivity contribution in [3.8, 4) is 0 Å². The Bertz CT molecular complexity index is 576. The summed E-state index contributed by atoms with van der Waals surface area (Å²) >= 11 is 1.47. The molecule has 2 rings (SSSR count). The van der Waals surface area contributed by atoms with Crippen LogP contribution in [0.5, 0.6) is 0 Å². The topological polar surface area (TPSA) is 47.6 Å². The maximum atomic E-state index is 12.8. The van der Waals surface area contributed by atoms with Crippen molar-refractivity contribution in [2.24, 2.45) is 0 Å². The predicted molar refractivity (Wildman–Crippen MR) is 80.3 cm³/mol. The monoisotopic (exact) mass is 291 g/mol. The average Bonchev–Trinajstić information content (AvgIpc) is 2.99. The van der Waals surface area contributed by atoms with Crippen molar-refractivity contribution in [2.45, 2.75) is 5.79 Å². The summed E-state index contributed by atoms with van der Waals surface area (Å²) < 4.78 is 10.9. The van der Waals surface area contributed by atoms with Gasteiger partial charge in [0.2, 0.25) is 5.78 Å². The number of methoxy groups -OCH3 is 2. The molecular formula is C15H17NO3S. The molecule has 20 heavy (non-hydrogen) atoms. The van der Waals surface area contributed by atoms with Gasteiger partial charge in [-0.2, -0.15) is 0 Å². The van der Waals surface area contributed by atoms with Crippen molar-refractivity contribution in [3.05, 3.63) is 52.9 Å². The Balaban J connectivity index is 2.45. The van der Waals surface area contributed by atoms with E-state index in [4.69, 9.17) is 9.47 Å². The van der Waals surface area contributed by atoms with Crippen molar-refractivity contribution in [1.82, 2.24) is 0 Å². The van der Waals surface area contributed by atoms with Crippen LogP contribution in [0.3, 0.4) is 0 Å². The molecule has 5 heteroatoms. The number of hydrogen-bond acceptors (Lipinski definition) is 5. The molecule has 0 saturated heterocycles. The summed E-state index contributed by atoms with van der Waals surface area (Å²) in [6.07, 6.45) is 0. The number of anilines is 1. The minimum atomic E-state index is -1.41. The quantitative estimate of drug-likeness (QED) is 0.656. The first-order valence-corrected chi connectivity index (χ1v) is 7.03. The smallest absolute Gasteiger partial charge is 0.260 e. The number of Topliss-reactive ketones (excluding diaryl/α,β-unsaturated/α-hetero) is 1. The Hall–Kier alpha value is -1.69. The lowest BCUT2D eigenvalue weighted by Crippen LogP contribution is -2.39. The Kier molecular flexibility index (Phi) is 4.54. The van der Waals surface area contributed by atoms with E-state index in [1.54, 1.807) is 11.4 Å². The van der Waals surface area contributed by atoms with Gasteiger partial charge >= 0.3 is 0 Å². The lowest BCUT2D eigenvalue weighted by atomic mass is 9.97. The van der Waals surface area contributed by atoms with Crippen LogP contribution in [0.25, 0.3) is 0 Å². The first-order valence-electron chi connectivity index (χ1n) is 6.15. The van der Waals surface area contributed by atoms with E-state index >= 15 is 0 Å². The lowest BCUT2D eigenvalue weighted by Gasteiger charge is -2.29. The van der Waals surface area contributed by atoms with Gasteiger partial charge in [0.25, 0.3) is 5.79 Å². The molecule has 0 aliphatic rings. The molecule has 4 nitrogen and oxygen atoms in total. The molecule has 0 radical (unpaired) electrons. The number of ether oxygens (including phenoxy) is 2. The second-order valence-corrected chi connectivity index (χ2v) is 5.08. The number of ketones is 1. The van der Waals surface area contributed by atoms with E-state index in [1.165, 1.54) is 25.6 Å². The van der Waals surface area contributed by atoms with Gasteiger partial charge in [0.1, 0.15) is 0 Å². The van der Waals surface area contributed by atoms with Crippen LogP contribution in [0.15, 0.2) is 41.8 Å². The highest BCUT2D eigenvalue weighted by Gasteiger charge is 2.41. The van der Waals surface area contributed by atoms with Crippen molar-refractivity contribution in [3.63, 3.8) is 0 Å². The van der Waals surface area contributed by atoms with Crippen molar-refractivity contribution in [1.29, 1.82) is 0 Å². The zero-order chi connectivity index (χ0) is 14.6. The molecule has 0 spiro atoms. The summed E-state index contributed by atoms with van der Waals surface area (Å²) in [5.41, 5.74) is 1.24. The average molecular weight is 291 g/mol. The standard InChI is InChI=1S/C15H17NO3S/c1-16-13-9-11(10-20-13)14(17)15(18-2,19-3)12-7-5-4-6-8-12/h4-10,16H,1-3H3. The molecule has 2 aromatic rings. The van der Waals surface area contributed by atoms with E-state index in [0.29, 0.717) is 11.1 Å². The molecule has 0 unspecified atom stereocenters. The molecule has 0 aliphatic heterocycles. The molecule has 0 atom stereocenters. The summed E-state index contributed by atoms with van der Waals surface area (Å²) in [6.45, 7) is 0. The molecule has 1 aromatic heterocycles. The number of nitrogens with one attached hydrogen (secondary N) is 1. The first kappa shape index (κ1) is 14.7. The molecule has 0 bridgehead atoms. The third-order valence-corrected chi connectivity index (χ3v) is 4.08. The summed E-state index contributed by atoms with van der Waals surface area (Å²) in [6, 6.07) is 11.0. The van der Waals surface area contributed by atoms with E-state index in [9.17, 15) is 4.79 Å². The minimum Gasteiger partial charge on any atom is -0.380 e. The Morgan fingerprint density at radius 1 is 1.20 bits per heavy atom. The van der Waals surface area contributed by atoms with Crippen LogP contribution in [0.4, 0.5) is 5.00 Å². The van der Waals surface area contributed by atoms with Gasteiger partial charge in [-0.3, -0.25) is 4.79 Å². The molecule has 0 aliphatic carbocycles. The number of carbonyl (C=O) groups is 1. The summed E-state index contributed by atoms with van der Waals surface area (Å²) in [5.74, 6) is -1.63. The molecule has 0 fully saturated rings. The van der Waals surface area contributed by atoms with E-state index in [1.807, 2.05) is 37.4 Å². The van der Waals surface area contributed by atoms with Gasteiger partial charge in [-0.25, -0.2) is 0 Å². The second kappa shape index (κ2) is 6.17. The second-order valence-electron chi connectivity index (χ2n) is 4.17. The first-order chi connectivity index (χ1) is 9.67. The van der Waals surface area contributed by atoms with Gasteiger partial charge in [-0.05, 0) is 6.07 Å². The maximum Gasteiger partial charge on any atom is 0.260 e. The number of rotatable bonds is 6. The fourth-order valence-corrected chi connectivity index (χ4v) is 2.81. The highest BCUT2D eigenvalue weighted by molar-refractivity contribution is 7.14. The normalized spacial score (nSPS) is 11.3. The van der Waals surface area contributed by atoms with Crippen molar-refractivity contribution >= 4 is 22.1 Å². The zero-order valence-electron chi connectivity index (χ0n) is 11.7. The largest absolute Gasteiger partial charge is 0.380 e. The molecule has 0 amide bonds. The van der Waals surface area contributed by atoms with Crippen LogP contribution in [-0.4, -0.2) is 27.1 Å². The van der Waals surface area contributed by atoms with E-state index < -0.39 is 5.79 Å². The highest BCUT2D eigenvalue weighted by atomic mass is 32.1. The van der Waals surface area contributed by atoms with Gasteiger partial charge in [-0.1, -0.05) is 30.3 Å². The molecule has 1 heterocycles. The van der Waals surface area contributed by atoms with Gasteiger partial charge in [0, 0.05) is 37.8 Å². The van der Waals surface area contributed by atoms with Crippen LogP contribution in [0, 0.1) is 0 Å². The Labute approximate surface area is 122 Å². The highest BCUT2D eigenvalue weighted by Crippen LogP contribution is 2.32. The summed E-state index contributed by atoms with van der Waals surface area (Å²) in [4.78, 5) is 12.8. The van der Waals surface area contributed by atoms with Crippen LogP contribution in [0.2, 0.25) is 0 Å². The Morgan fingerprint density at radius 3 is 2.35 bits per heavy atom. The van der Waals surface area contributed by atoms with Crippen molar-refractivity contribution in [2.75, 3.05) is 26.6 Å².